The maximum atomic E-state index is 12.3. The fourth-order valence-corrected chi connectivity index (χ4v) is 2.39. The lowest BCUT2D eigenvalue weighted by molar-refractivity contribution is 0.0696. The molecule has 2 aromatic rings. The number of hydrogen-bond acceptors (Lipinski definition) is 3. The first-order chi connectivity index (χ1) is 10.1. The number of aromatic carboxylic acids is 1. The molecular formula is C15H15N3O3. The zero-order valence-corrected chi connectivity index (χ0v) is 11.5. The molecule has 0 saturated heterocycles. The summed E-state index contributed by atoms with van der Waals surface area (Å²) in [6.07, 6.45) is 3.71. The molecule has 21 heavy (non-hydrogen) atoms. The predicted molar refractivity (Wildman–Crippen MR) is 76.5 cm³/mol. The number of anilines is 1. The zero-order chi connectivity index (χ0) is 15.0. The van der Waals surface area contributed by atoms with Crippen LogP contribution < -0.4 is 5.32 Å². The third-order valence-corrected chi connectivity index (χ3v) is 3.56. The van der Waals surface area contributed by atoms with Crippen molar-refractivity contribution in [1.82, 2.24) is 9.78 Å². The summed E-state index contributed by atoms with van der Waals surface area (Å²) in [6, 6.07) is 6.19. The number of nitrogens with one attached hydrogen (secondary N) is 1. The molecular weight excluding hydrogens is 270 g/mol. The first-order valence-electron chi connectivity index (χ1n) is 6.73. The molecule has 1 aliphatic carbocycles. The topological polar surface area (TPSA) is 84.2 Å². The quantitative estimate of drug-likeness (QED) is 0.902. The van der Waals surface area contributed by atoms with Gasteiger partial charge in [-0.15, -0.1) is 0 Å². The van der Waals surface area contributed by atoms with Gasteiger partial charge in [0.2, 0.25) is 0 Å². The lowest BCUT2D eigenvalue weighted by Gasteiger charge is -2.07. The van der Waals surface area contributed by atoms with E-state index in [1.807, 2.05) is 7.05 Å². The number of amides is 1. The van der Waals surface area contributed by atoms with Crippen molar-refractivity contribution in [2.75, 3.05) is 5.32 Å². The second kappa shape index (κ2) is 5.05. The molecule has 0 unspecified atom stereocenters. The highest BCUT2D eigenvalue weighted by molar-refractivity contribution is 6.05. The van der Waals surface area contributed by atoms with E-state index in [9.17, 15) is 9.59 Å². The number of carbonyl (C=O) groups is 2. The summed E-state index contributed by atoms with van der Waals surface area (Å²) < 4.78 is 1.74. The van der Waals surface area contributed by atoms with Gasteiger partial charge in [0.05, 0.1) is 23.0 Å². The van der Waals surface area contributed by atoms with Crippen LogP contribution in [0.1, 0.15) is 45.2 Å². The number of nitrogens with zero attached hydrogens (tertiary/aromatic N) is 2. The first kappa shape index (κ1) is 13.4. The van der Waals surface area contributed by atoms with Crippen molar-refractivity contribution in [2.45, 2.75) is 18.8 Å². The van der Waals surface area contributed by atoms with Gasteiger partial charge in [0.15, 0.2) is 0 Å². The Labute approximate surface area is 121 Å². The first-order valence-corrected chi connectivity index (χ1v) is 6.73. The number of rotatable bonds is 4. The second-order valence-electron chi connectivity index (χ2n) is 5.18. The van der Waals surface area contributed by atoms with Crippen LogP contribution in [0.25, 0.3) is 0 Å². The second-order valence-corrected chi connectivity index (χ2v) is 5.18. The van der Waals surface area contributed by atoms with Gasteiger partial charge in [0.25, 0.3) is 5.91 Å². The van der Waals surface area contributed by atoms with E-state index in [1.165, 1.54) is 12.1 Å². The number of carbonyl (C=O) groups excluding carboxylic acids is 1. The monoisotopic (exact) mass is 285 g/mol. The van der Waals surface area contributed by atoms with Gasteiger partial charge in [0.1, 0.15) is 0 Å². The summed E-state index contributed by atoms with van der Waals surface area (Å²) in [5.41, 5.74) is 2.11. The minimum atomic E-state index is -1.02. The summed E-state index contributed by atoms with van der Waals surface area (Å²) in [7, 11) is 1.83. The summed E-state index contributed by atoms with van der Waals surface area (Å²) >= 11 is 0. The Morgan fingerprint density at radius 3 is 2.81 bits per heavy atom. The van der Waals surface area contributed by atoms with Gasteiger partial charge in [0, 0.05) is 18.7 Å². The Bertz CT molecular complexity index is 717. The minimum Gasteiger partial charge on any atom is -0.478 e. The normalized spacial score (nSPS) is 14.0. The summed E-state index contributed by atoms with van der Waals surface area (Å²) in [4.78, 5) is 23.3. The van der Waals surface area contributed by atoms with Crippen LogP contribution in [0.5, 0.6) is 0 Å². The van der Waals surface area contributed by atoms with Crippen LogP contribution in [0.15, 0.2) is 30.5 Å². The van der Waals surface area contributed by atoms with Gasteiger partial charge in [-0.3, -0.25) is 9.48 Å². The Hall–Kier alpha value is -2.63. The molecule has 1 aromatic carbocycles. The summed E-state index contributed by atoms with van der Waals surface area (Å²) in [6.45, 7) is 0. The maximum absolute atomic E-state index is 12.3. The molecule has 1 aliphatic rings. The Morgan fingerprint density at radius 1 is 1.38 bits per heavy atom. The molecule has 0 aliphatic heterocycles. The zero-order valence-electron chi connectivity index (χ0n) is 11.5. The van der Waals surface area contributed by atoms with E-state index >= 15 is 0 Å². The van der Waals surface area contributed by atoms with Crippen LogP contribution in [0.2, 0.25) is 0 Å². The lowest BCUT2D eigenvalue weighted by Crippen LogP contribution is -2.14. The highest BCUT2D eigenvalue weighted by atomic mass is 16.4. The molecule has 1 heterocycles. The third kappa shape index (κ3) is 2.65. The van der Waals surface area contributed by atoms with E-state index in [1.54, 1.807) is 23.0 Å². The van der Waals surface area contributed by atoms with Crippen molar-refractivity contribution >= 4 is 17.6 Å². The number of aromatic nitrogens is 2. The Balaban J connectivity index is 1.83. The van der Waals surface area contributed by atoms with Crippen molar-refractivity contribution < 1.29 is 14.7 Å². The number of carboxylic acids is 1. The summed E-state index contributed by atoms with van der Waals surface area (Å²) in [5.74, 6) is -0.873. The van der Waals surface area contributed by atoms with Crippen molar-refractivity contribution in [3.63, 3.8) is 0 Å². The molecule has 6 heteroatoms. The van der Waals surface area contributed by atoms with Crippen molar-refractivity contribution in [2.24, 2.45) is 7.05 Å². The fraction of sp³-hybridized carbons (Fsp3) is 0.267. The van der Waals surface area contributed by atoms with Crippen LogP contribution in [0.4, 0.5) is 5.69 Å². The SMILES string of the molecule is Cn1ncc(C(=O)Nc2cccc(C(=O)O)c2)c1C1CC1. The van der Waals surface area contributed by atoms with Crippen LogP contribution in [0.3, 0.4) is 0 Å². The van der Waals surface area contributed by atoms with E-state index in [0.29, 0.717) is 17.2 Å². The van der Waals surface area contributed by atoms with Gasteiger partial charge in [-0.2, -0.15) is 5.10 Å². The maximum Gasteiger partial charge on any atom is 0.335 e. The van der Waals surface area contributed by atoms with Crippen LogP contribution >= 0.6 is 0 Å². The molecule has 1 amide bonds. The Kier molecular flexibility index (Phi) is 3.21. The van der Waals surface area contributed by atoms with Gasteiger partial charge in [-0.05, 0) is 31.0 Å². The predicted octanol–water partition coefficient (Wildman–Crippen LogP) is 2.25. The molecule has 0 radical (unpaired) electrons. The average Bonchev–Trinajstić information content (AvgIpc) is 3.21. The smallest absolute Gasteiger partial charge is 0.335 e. The van der Waals surface area contributed by atoms with Gasteiger partial charge in [-0.25, -0.2) is 4.79 Å². The number of carboxylic acid groups (broad SMARTS) is 1. The van der Waals surface area contributed by atoms with Crippen LogP contribution in [-0.4, -0.2) is 26.8 Å². The highest BCUT2D eigenvalue weighted by Crippen LogP contribution is 2.41. The average molecular weight is 285 g/mol. The molecule has 108 valence electrons. The van der Waals surface area contributed by atoms with Gasteiger partial charge < -0.3 is 10.4 Å². The largest absolute Gasteiger partial charge is 0.478 e. The molecule has 1 aromatic heterocycles. The van der Waals surface area contributed by atoms with E-state index < -0.39 is 5.97 Å². The molecule has 1 saturated carbocycles. The molecule has 0 atom stereocenters. The number of aryl methyl sites for hydroxylation is 1. The fourth-order valence-electron chi connectivity index (χ4n) is 2.39. The van der Waals surface area contributed by atoms with E-state index in [4.69, 9.17) is 5.11 Å². The lowest BCUT2D eigenvalue weighted by atomic mass is 10.1. The van der Waals surface area contributed by atoms with E-state index in [-0.39, 0.29) is 11.5 Å². The van der Waals surface area contributed by atoms with Crippen LogP contribution in [-0.2, 0) is 7.05 Å². The molecule has 1 fully saturated rings. The van der Waals surface area contributed by atoms with Crippen molar-refractivity contribution in [3.8, 4) is 0 Å². The van der Waals surface area contributed by atoms with E-state index in [2.05, 4.69) is 10.4 Å². The minimum absolute atomic E-state index is 0.140. The molecule has 0 bridgehead atoms. The third-order valence-electron chi connectivity index (χ3n) is 3.56. The van der Waals surface area contributed by atoms with Gasteiger partial charge >= 0.3 is 5.97 Å². The molecule has 2 N–H and O–H groups in total. The van der Waals surface area contributed by atoms with Crippen LogP contribution in [0, 0.1) is 0 Å². The highest BCUT2D eigenvalue weighted by Gasteiger charge is 2.31. The van der Waals surface area contributed by atoms with Gasteiger partial charge in [-0.1, -0.05) is 6.07 Å². The van der Waals surface area contributed by atoms with Crippen molar-refractivity contribution in [3.05, 3.63) is 47.3 Å². The number of benzene rings is 1. The molecule has 0 spiro atoms. The van der Waals surface area contributed by atoms with Crippen molar-refractivity contribution in [1.29, 1.82) is 0 Å². The molecule has 3 rings (SSSR count). The molecule has 6 nitrogen and oxygen atoms in total. The Morgan fingerprint density at radius 2 is 2.14 bits per heavy atom. The standard InChI is InChI=1S/C15H15N3O3/c1-18-13(9-5-6-9)12(8-16-18)14(19)17-11-4-2-3-10(7-11)15(20)21/h2-4,7-9H,5-6H2,1H3,(H,17,19)(H,20,21). The summed E-state index contributed by atoms with van der Waals surface area (Å²) in [5, 5.41) is 15.8. The van der Waals surface area contributed by atoms with E-state index in [0.717, 1.165) is 18.5 Å². The number of hydrogen-bond donors (Lipinski definition) is 2.